The summed E-state index contributed by atoms with van der Waals surface area (Å²) in [5.41, 5.74) is 1.07. The van der Waals surface area contributed by atoms with Crippen LogP contribution in [-0.2, 0) is 19.2 Å². The van der Waals surface area contributed by atoms with Crippen LogP contribution >= 0.6 is 0 Å². The van der Waals surface area contributed by atoms with Crippen molar-refractivity contribution in [2.24, 2.45) is 23.7 Å². The molecular formula is C20H21N2O5-. The molecule has 0 spiro atoms. The van der Waals surface area contributed by atoms with Crippen LogP contribution < -0.4 is 15.3 Å². The summed E-state index contributed by atoms with van der Waals surface area (Å²) in [7, 11) is 0. The van der Waals surface area contributed by atoms with Gasteiger partial charge < -0.3 is 15.2 Å². The van der Waals surface area contributed by atoms with E-state index in [-0.39, 0.29) is 48.8 Å². The first-order valence-corrected chi connectivity index (χ1v) is 9.43. The molecule has 3 amide bonds. The zero-order chi connectivity index (χ0) is 19.1. The van der Waals surface area contributed by atoms with Crippen molar-refractivity contribution in [2.45, 2.75) is 38.5 Å². The third-order valence-electron chi connectivity index (χ3n) is 6.12. The van der Waals surface area contributed by atoms with Crippen molar-refractivity contribution in [1.82, 2.24) is 0 Å². The number of anilines is 2. The van der Waals surface area contributed by atoms with E-state index in [4.69, 9.17) is 0 Å². The van der Waals surface area contributed by atoms with Gasteiger partial charge in [-0.2, -0.15) is 0 Å². The summed E-state index contributed by atoms with van der Waals surface area (Å²) in [6.45, 7) is 0. The molecule has 1 aromatic carbocycles. The Hall–Kier alpha value is -2.70. The fourth-order valence-electron chi connectivity index (χ4n) is 4.97. The lowest BCUT2D eigenvalue weighted by Crippen LogP contribution is -2.32. The van der Waals surface area contributed by atoms with Crippen molar-refractivity contribution in [3.05, 3.63) is 24.3 Å². The summed E-state index contributed by atoms with van der Waals surface area (Å²) in [5, 5.41) is 13.0. The number of nitrogens with one attached hydrogen (secondary N) is 1. The van der Waals surface area contributed by atoms with Gasteiger partial charge in [-0.3, -0.25) is 19.3 Å². The smallest absolute Gasteiger partial charge is 0.237 e. The van der Waals surface area contributed by atoms with Gasteiger partial charge in [0.05, 0.1) is 17.5 Å². The molecule has 4 atom stereocenters. The van der Waals surface area contributed by atoms with Gasteiger partial charge in [0.2, 0.25) is 17.7 Å². The van der Waals surface area contributed by atoms with Crippen LogP contribution in [0.2, 0.25) is 0 Å². The number of nitrogens with zero attached hydrogens (tertiary/aromatic N) is 1. The molecule has 142 valence electrons. The van der Waals surface area contributed by atoms with Crippen LogP contribution in [-0.4, -0.2) is 23.7 Å². The molecule has 2 aliphatic carbocycles. The molecule has 1 aromatic rings. The second-order valence-electron chi connectivity index (χ2n) is 7.72. The topological polar surface area (TPSA) is 107 Å². The number of carbonyl (C=O) groups excluding carboxylic acids is 4. The quantitative estimate of drug-likeness (QED) is 0.755. The van der Waals surface area contributed by atoms with Crippen molar-refractivity contribution >= 4 is 35.1 Å². The lowest BCUT2D eigenvalue weighted by molar-refractivity contribution is -0.305. The van der Waals surface area contributed by atoms with Crippen molar-refractivity contribution in [1.29, 1.82) is 0 Å². The summed E-state index contributed by atoms with van der Waals surface area (Å²) >= 11 is 0. The van der Waals surface area contributed by atoms with Gasteiger partial charge in [0.15, 0.2) is 0 Å². The molecular weight excluding hydrogens is 348 g/mol. The number of hydrogen-bond donors (Lipinski definition) is 1. The summed E-state index contributed by atoms with van der Waals surface area (Å²) in [6.07, 6.45) is 3.24. The van der Waals surface area contributed by atoms with E-state index in [0.29, 0.717) is 23.2 Å². The maximum absolute atomic E-state index is 12.8. The SMILES string of the molecule is O=C([O-])CCCC(=O)Nc1ccc(N2C(=O)[C@H]3[C@H]4CC[C@@H](C4)[C@@H]3C2=O)cc1. The Bertz CT molecular complexity index is 775. The van der Waals surface area contributed by atoms with Crippen LogP contribution in [0.15, 0.2) is 24.3 Å². The van der Waals surface area contributed by atoms with Gasteiger partial charge in [-0.15, -0.1) is 0 Å². The summed E-state index contributed by atoms with van der Waals surface area (Å²) < 4.78 is 0. The number of benzene rings is 1. The van der Waals surface area contributed by atoms with Gasteiger partial charge in [0.1, 0.15) is 0 Å². The first kappa shape index (κ1) is 17.7. The molecule has 1 heterocycles. The van der Waals surface area contributed by atoms with Gasteiger partial charge in [0, 0.05) is 18.1 Å². The third-order valence-corrected chi connectivity index (χ3v) is 6.12. The number of fused-ring (bicyclic) bond motifs is 5. The van der Waals surface area contributed by atoms with Gasteiger partial charge in [-0.25, -0.2) is 0 Å². The molecule has 0 aromatic heterocycles. The molecule has 2 saturated carbocycles. The first-order chi connectivity index (χ1) is 13.0. The molecule has 3 aliphatic rings. The van der Waals surface area contributed by atoms with E-state index >= 15 is 0 Å². The van der Waals surface area contributed by atoms with Crippen LogP contribution in [0.25, 0.3) is 0 Å². The number of hydrogen-bond acceptors (Lipinski definition) is 5. The van der Waals surface area contributed by atoms with Crippen LogP contribution in [0.4, 0.5) is 11.4 Å². The average Bonchev–Trinajstić information content (AvgIpc) is 3.30. The third kappa shape index (κ3) is 3.11. The van der Waals surface area contributed by atoms with E-state index in [0.717, 1.165) is 19.3 Å². The zero-order valence-electron chi connectivity index (χ0n) is 14.8. The molecule has 7 heteroatoms. The molecule has 3 fully saturated rings. The highest BCUT2D eigenvalue weighted by atomic mass is 16.4. The van der Waals surface area contributed by atoms with E-state index < -0.39 is 5.97 Å². The second-order valence-corrected chi connectivity index (χ2v) is 7.72. The maximum Gasteiger partial charge on any atom is 0.237 e. The Labute approximate surface area is 156 Å². The van der Waals surface area contributed by atoms with Gasteiger partial charge >= 0.3 is 0 Å². The number of imide groups is 1. The minimum Gasteiger partial charge on any atom is -0.550 e. The standard InChI is InChI=1S/C20H22N2O5/c23-15(2-1-3-16(24)25)21-13-6-8-14(9-7-13)22-19(26)17-11-4-5-12(10-11)18(17)20(22)27/h6-9,11-12,17-18H,1-5,10H2,(H,21,23)(H,24,25)/p-1/t11-,12-,17-,18-/m0/s1. The van der Waals surface area contributed by atoms with Crippen molar-refractivity contribution in [2.75, 3.05) is 10.2 Å². The molecule has 27 heavy (non-hydrogen) atoms. The number of amides is 3. The minimum atomic E-state index is -1.18. The predicted molar refractivity (Wildman–Crippen MR) is 94.2 cm³/mol. The van der Waals surface area contributed by atoms with Crippen LogP contribution in [0.1, 0.15) is 38.5 Å². The molecule has 4 rings (SSSR count). The molecule has 7 nitrogen and oxygen atoms in total. The van der Waals surface area contributed by atoms with E-state index in [1.165, 1.54) is 4.90 Å². The van der Waals surface area contributed by atoms with Crippen LogP contribution in [0.3, 0.4) is 0 Å². The number of carboxylic acid groups (broad SMARTS) is 1. The van der Waals surface area contributed by atoms with Gasteiger partial charge in [-0.05, 0) is 68.2 Å². The zero-order valence-corrected chi connectivity index (χ0v) is 14.8. The van der Waals surface area contributed by atoms with Crippen molar-refractivity contribution in [3.63, 3.8) is 0 Å². The summed E-state index contributed by atoms with van der Waals surface area (Å²) in [6, 6.07) is 6.62. The highest BCUT2D eigenvalue weighted by Crippen LogP contribution is 2.56. The Kier molecular flexibility index (Phi) is 4.45. The monoisotopic (exact) mass is 369 g/mol. The molecule has 1 aliphatic heterocycles. The molecule has 0 radical (unpaired) electrons. The van der Waals surface area contributed by atoms with Crippen LogP contribution in [0, 0.1) is 23.7 Å². The molecule has 2 bridgehead atoms. The molecule has 1 saturated heterocycles. The Morgan fingerprint density at radius 1 is 1.00 bits per heavy atom. The summed E-state index contributed by atoms with van der Waals surface area (Å²) in [4.78, 5) is 49.1. The predicted octanol–water partition coefficient (Wildman–Crippen LogP) is 1.08. The van der Waals surface area contributed by atoms with E-state index in [9.17, 15) is 24.3 Å². The number of carboxylic acids is 1. The van der Waals surface area contributed by atoms with Gasteiger partial charge in [-0.1, -0.05) is 0 Å². The van der Waals surface area contributed by atoms with E-state index in [2.05, 4.69) is 5.32 Å². The highest BCUT2D eigenvalue weighted by Gasteiger charge is 2.61. The number of carbonyl (C=O) groups is 4. The lowest BCUT2D eigenvalue weighted by Gasteiger charge is -2.19. The summed E-state index contributed by atoms with van der Waals surface area (Å²) in [5.74, 6) is -1.25. The molecule has 1 N–H and O–H groups in total. The highest BCUT2D eigenvalue weighted by molar-refractivity contribution is 6.22. The van der Waals surface area contributed by atoms with Crippen LogP contribution in [0.5, 0.6) is 0 Å². The van der Waals surface area contributed by atoms with Gasteiger partial charge in [0.25, 0.3) is 0 Å². The largest absolute Gasteiger partial charge is 0.550 e. The maximum atomic E-state index is 12.8. The average molecular weight is 369 g/mol. The minimum absolute atomic E-state index is 0.0868. The Morgan fingerprint density at radius 3 is 2.15 bits per heavy atom. The van der Waals surface area contributed by atoms with Crippen molar-refractivity contribution in [3.8, 4) is 0 Å². The second kappa shape index (κ2) is 6.79. The normalized spacial score (nSPS) is 28.5. The Morgan fingerprint density at radius 2 is 1.59 bits per heavy atom. The van der Waals surface area contributed by atoms with Crippen molar-refractivity contribution < 1.29 is 24.3 Å². The fourth-order valence-corrected chi connectivity index (χ4v) is 4.97. The molecule has 0 unspecified atom stereocenters. The number of rotatable bonds is 6. The van der Waals surface area contributed by atoms with E-state index in [1.54, 1.807) is 24.3 Å². The number of aliphatic carboxylic acids is 1. The first-order valence-electron chi connectivity index (χ1n) is 9.43. The fraction of sp³-hybridized carbons (Fsp3) is 0.500. The Balaban J connectivity index is 1.41. The van der Waals surface area contributed by atoms with E-state index in [1.807, 2.05) is 0 Å². The lowest BCUT2D eigenvalue weighted by atomic mass is 9.81.